The Hall–Kier alpha value is -1.40. The first-order valence-corrected chi connectivity index (χ1v) is 24.4. The molecule has 0 aromatic rings. The summed E-state index contributed by atoms with van der Waals surface area (Å²) < 4.78 is 5.89. The highest BCUT2D eigenvalue weighted by molar-refractivity contribution is 5.77. The highest BCUT2D eigenvalue weighted by Gasteiger charge is 2.24. The Morgan fingerprint density at radius 3 is 1.29 bits per heavy atom. The van der Waals surface area contributed by atoms with Crippen LogP contribution in [0.4, 0.5) is 0 Å². The molecule has 3 N–H and O–H groups in total. The Bertz CT molecular complexity index is 832. The van der Waals surface area contributed by atoms with E-state index in [-0.39, 0.29) is 24.9 Å². The number of hydrogen-bond acceptors (Lipinski definition) is 5. The molecule has 0 bridgehead atoms. The second-order valence-corrected chi connectivity index (χ2v) is 16.9. The van der Waals surface area contributed by atoms with Gasteiger partial charge in [0.15, 0.2) is 0 Å². The van der Waals surface area contributed by atoms with Crippen LogP contribution in [0.5, 0.6) is 0 Å². The third-order valence-corrected chi connectivity index (χ3v) is 11.3. The minimum absolute atomic E-state index is 0.0810. The van der Waals surface area contributed by atoms with Crippen LogP contribution in [0.15, 0.2) is 12.2 Å². The number of esters is 1. The van der Waals surface area contributed by atoms with Crippen molar-refractivity contribution in [3.8, 4) is 0 Å². The molecule has 3 unspecified atom stereocenters. The highest BCUT2D eigenvalue weighted by atomic mass is 16.5. The molecule has 1 amide bonds. The molecule has 0 fully saturated rings. The molecule has 0 aromatic heterocycles. The summed E-state index contributed by atoms with van der Waals surface area (Å²) in [5.74, 6) is -0.471. The van der Waals surface area contributed by atoms with Gasteiger partial charge in [-0.25, -0.2) is 0 Å². The van der Waals surface area contributed by atoms with Gasteiger partial charge in [-0.15, -0.1) is 0 Å². The zero-order chi connectivity index (χ0) is 40.3. The van der Waals surface area contributed by atoms with Crippen LogP contribution in [0, 0.1) is 0 Å². The molecular weight excluding hydrogens is 683 g/mol. The Labute approximate surface area is 342 Å². The minimum atomic E-state index is -0.780. The highest BCUT2D eigenvalue weighted by Crippen LogP contribution is 2.18. The zero-order valence-electron chi connectivity index (χ0n) is 37.1. The number of rotatable bonds is 44. The zero-order valence-corrected chi connectivity index (χ0v) is 37.1. The van der Waals surface area contributed by atoms with E-state index in [4.69, 9.17) is 4.74 Å². The number of nitrogens with one attached hydrogen (secondary N) is 1. The number of carbonyl (C=O) groups excluding carboxylic acids is 2. The normalized spacial score (nSPS) is 13.3. The van der Waals surface area contributed by atoms with Crippen molar-refractivity contribution in [2.45, 2.75) is 283 Å². The van der Waals surface area contributed by atoms with Gasteiger partial charge in [-0.05, 0) is 51.4 Å². The first kappa shape index (κ1) is 53.6. The van der Waals surface area contributed by atoms with Gasteiger partial charge < -0.3 is 20.3 Å². The van der Waals surface area contributed by atoms with Gasteiger partial charge in [0.2, 0.25) is 5.91 Å². The molecule has 6 nitrogen and oxygen atoms in total. The lowest BCUT2D eigenvalue weighted by atomic mass is 10.0. The fraction of sp³-hybridized carbons (Fsp3) is 0.918. The van der Waals surface area contributed by atoms with Crippen LogP contribution >= 0.6 is 0 Å². The van der Waals surface area contributed by atoms with E-state index < -0.39 is 18.2 Å². The number of amides is 1. The second-order valence-electron chi connectivity index (χ2n) is 16.9. The summed E-state index contributed by atoms with van der Waals surface area (Å²) in [5.41, 5.74) is 0. The summed E-state index contributed by atoms with van der Waals surface area (Å²) >= 11 is 0. The number of aliphatic hydroxyl groups excluding tert-OH is 2. The molecule has 0 saturated heterocycles. The molecule has 3 atom stereocenters. The van der Waals surface area contributed by atoms with Crippen molar-refractivity contribution >= 4 is 11.9 Å². The lowest BCUT2D eigenvalue weighted by Gasteiger charge is -2.24. The first-order valence-electron chi connectivity index (χ1n) is 24.4. The lowest BCUT2D eigenvalue weighted by molar-refractivity contribution is -0.151. The van der Waals surface area contributed by atoms with Crippen molar-refractivity contribution in [2.75, 3.05) is 6.61 Å². The molecule has 0 aliphatic carbocycles. The molecule has 0 heterocycles. The van der Waals surface area contributed by atoms with Crippen molar-refractivity contribution in [2.24, 2.45) is 0 Å². The molecule has 0 aliphatic rings. The van der Waals surface area contributed by atoms with Crippen molar-refractivity contribution in [3.63, 3.8) is 0 Å². The van der Waals surface area contributed by atoms with E-state index in [2.05, 4.69) is 38.2 Å². The summed E-state index contributed by atoms with van der Waals surface area (Å²) in [6.45, 7) is 6.45. The predicted molar refractivity (Wildman–Crippen MR) is 237 cm³/mol. The summed E-state index contributed by atoms with van der Waals surface area (Å²) in [6, 6.07) is -0.693. The van der Waals surface area contributed by atoms with Gasteiger partial charge in [-0.2, -0.15) is 0 Å². The summed E-state index contributed by atoms with van der Waals surface area (Å²) in [4.78, 5) is 25.9. The summed E-state index contributed by atoms with van der Waals surface area (Å²) in [7, 11) is 0. The van der Waals surface area contributed by atoms with Gasteiger partial charge in [-0.1, -0.05) is 213 Å². The molecule has 0 radical (unpaired) electrons. The molecule has 0 spiro atoms. The van der Waals surface area contributed by atoms with Crippen LogP contribution in [0.1, 0.15) is 265 Å². The minimum Gasteiger partial charge on any atom is -0.462 e. The Kier molecular flexibility index (Phi) is 42.6. The van der Waals surface area contributed by atoms with Gasteiger partial charge >= 0.3 is 5.97 Å². The number of hydrogen-bond donors (Lipinski definition) is 3. The third-order valence-electron chi connectivity index (χ3n) is 11.3. The maximum atomic E-state index is 13.1. The Morgan fingerprint density at radius 1 is 0.509 bits per heavy atom. The van der Waals surface area contributed by atoms with Crippen LogP contribution in [0.25, 0.3) is 0 Å². The molecule has 55 heavy (non-hydrogen) atoms. The monoisotopic (exact) mass is 778 g/mol. The van der Waals surface area contributed by atoms with Crippen LogP contribution < -0.4 is 5.32 Å². The number of ether oxygens (including phenoxy) is 1. The van der Waals surface area contributed by atoms with Gasteiger partial charge in [0, 0.05) is 6.42 Å². The number of unbranched alkanes of at least 4 members (excludes halogenated alkanes) is 30. The van der Waals surface area contributed by atoms with Gasteiger partial charge in [-0.3, -0.25) is 9.59 Å². The van der Waals surface area contributed by atoms with E-state index in [1.165, 1.54) is 173 Å². The van der Waals surface area contributed by atoms with Gasteiger partial charge in [0.1, 0.15) is 6.10 Å². The number of aliphatic hydroxyl groups is 2. The van der Waals surface area contributed by atoms with Crippen LogP contribution in [0.3, 0.4) is 0 Å². The smallest absolute Gasteiger partial charge is 0.306 e. The first-order chi connectivity index (χ1) is 27.0. The van der Waals surface area contributed by atoms with E-state index in [1.807, 2.05) is 0 Å². The molecule has 0 aromatic carbocycles. The van der Waals surface area contributed by atoms with Crippen LogP contribution in [0.2, 0.25) is 0 Å². The largest absolute Gasteiger partial charge is 0.462 e. The average Bonchev–Trinajstić information content (AvgIpc) is 3.18. The maximum absolute atomic E-state index is 13.1. The molecular formula is C49H95NO5. The quantitative estimate of drug-likeness (QED) is 0.0325. The SMILES string of the molecule is CCCCCCCC/C=C/CCCCCCCCCC(=O)OC(CCCCCCCCC)CC(=O)NC(CO)C(O)CCCCCCCCCCCCCC. The number of allylic oxidation sites excluding steroid dienone is 2. The van der Waals surface area contributed by atoms with E-state index in [0.717, 1.165) is 44.9 Å². The molecule has 0 saturated carbocycles. The van der Waals surface area contributed by atoms with Crippen LogP contribution in [-0.4, -0.2) is 46.9 Å². The molecule has 326 valence electrons. The van der Waals surface area contributed by atoms with Crippen molar-refractivity contribution in [3.05, 3.63) is 12.2 Å². The van der Waals surface area contributed by atoms with E-state index >= 15 is 0 Å². The van der Waals surface area contributed by atoms with Gasteiger partial charge in [0.25, 0.3) is 0 Å². The van der Waals surface area contributed by atoms with Crippen LogP contribution in [-0.2, 0) is 14.3 Å². The summed E-state index contributed by atoms with van der Waals surface area (Å²) in [6.07, 6.45) is 47.1. The van der Waals surface area contributed by atoms with E-state index in [0.29, 0.717) is 19.3 Å². The standard InChI is InChI=1S/C49H95NO5/c1-4-7-10-13-16-18-20-22-23-24-25-26-28-30-33-36-39-42-49(54)55-45(40-37-34-31-15-12-9-6-3)43-48(53)50-46(44-51)47(52)41-38-35-32-29-27-21-19-17-14-11-8-5-2/h22-23,45-47,51-52H,4-21,24-44H2,1-3H3,(H,50,53)/b23-22+. The fourth-order valence-electron chi connectivity index (χ4n) is 7.60. The third kappa shape index (κ3) is 39.2. The van der Waals surface area contributed by atoms with Gasteiger partial charge in [0.05, 0.1) is 25.2 Å². The van der Waals surface area contributed by atoms with E-state index in [9.17, 15) is 19.8 Å². The maximum Gasteiger partial charge on any atom is 0.306 e. The topological polar surface area (TPSA) is 95.9 Å². The molecule has 0 rings (SSSR count). The molecule has 0 aliphatic heterocycles. The van der Waals surface area contributed by atoms with Crippen molar-refractivity contribution < 1.29 is 24.5 Å². The van der Waals surface area contributed by atoms with Crippen molar-refractivity contribution in [1.82, 2.24) is 5.32 Å². The summed E-state index contributed by atoms with van der Waals surface area (Å²) in [5, 5.41) is 23.6. The fourth-order valence-corrected chi connectivity index (χ4v) is 7.60. The number of carbonyl (C=O) groups is 2. The predicted octanol–water partition coefficient (Wildman–Crippen LogP) is 14.2. The van der Waals surface area contributed by atoms with E-state index in [1.54, 1.807) is 0 Å². The Morgan fingerprint density at radius 2 is 0.873 bits per heavy atom. The second kappa shape index (κ2) is 43.7. The van der Waals surface area contributed by atoms with Crippen molar-refractivity contribution in [1.29, 1.82) is 0 Å². The molecule has 6 heteroatoms. The Balaban J connectivity index is 4.36. The average molecular weight is 778 g/mol. The lowest BCUT2D eigenvalue weighted by Crippen LogP contribution is -2.46.